The molecule has 1 N–H and O–H groups in total. The lowest BCUT2D eigenvalue weighted by atomic mass is 9.70. The second-order valence-corrected chi connectivity index (χ2v) is 9.77. The molecule has 3 fully saturated rings. The summed E-state index contributed by atoms with van der Waals surface area (Å²) in [5, 5.41) is 22.8. The Balaban J connectivity index is 1.43. The van der Waals surface area contributed by atoms with Crippen LogP contribution in [0, 0.1) is 26.9 Å². The van der Waals surface area contributed by atoms with Gasteiger partial charge in [0.15, 0.2) is 5.17 Å². The Morgan fingerprint density at radius 3 is 2.57 bits per heavy atom. The Morgan fingerprint density at radius 1 is 1.23 bits per heavy atom. The number of benzene rings is 1. The van der Waals surface area contributed by atoms with Crippen LogP contribution in [0.3, 0.4) is 0 Å². The number of nitro benzene ring substituents is 1. The van der Waals surface area contributed by atoms with Gasteiger partial charge in [0, 0.05) is 23.3 Å². The molecule has 0 aromatic heterocycles. The molecule has 2 unspecified atom stereocenters. The molecule has 1 aliphatic heterocycles. The molecule has 3 aliphatic rings. The van der Waals surface area contributed by atoms with E-state index in [1.807, 2.05) is 0 Å². The first-order valence-corrected chi connectivity index (χ1v) is 10.8. The van der Waals surface area contributed by atoms with Crippen molar-refractivity contribution in [1.29, 1.82) is 0 Å². The summed E-state index contributed by atoms with van der Waals surface area (Å²) in [5.41, 5.74) is 2.33. The lowest BCUT2D eigenvalue weighted by Gasteiger charge is -2.34. The zero-order valence-corrected chi connectivity index (χ0v) is 18.0. The van der Waals surface area contributed by atoms with E-state index in [1.165, 1.54) is 30.3 Å². The molecule has 1 aromatic rings. The second-order valence-electron chi connectivity index (χ2n) is 8.74. The van der Waals surface area contributed by atoms with Gasteiger partial charge in [-0.05, 0) is 66.1 Å². The maximum Gasteiger partial charge on any atom is 0.269 e. The average Bonchev–Trinajstić information content (AvgIpc) is 3.23. The molecule has 1 amide bonds. The Morgan fingerprint density at radius 2 is 1.97 bits per heavy atom. The molecule has 156 valence electrons. The largest absolute Gasteiger partial charge is 0.299 e. The zero-order chi connectivity index (χ0) is 21.5. The van der Waals surface area contributed by atoms with Crippen molar-refractivity contribution in [3.8, 4) is 0 Å². The third-order valence-electron chi connectivity index (χ3n) is 7.06. The highest BCUT2D eigenvalue weighted by Crippen LogP contribution is 2.64. The minimum Gasteiger partial charge on any atom is -0.299 e. The van der Waals surface area contributed by atoms with Crippen LogP contribution >= 0.6 is 11.8 Å². The Labute approximate surface area is 179 Å². The van der Waals surface area contributed by atoms with E-state index < -0.39 is 4.92 Å². The fraction of sp³-hybridized carbons (Fsp3) is 0.409. The monoisotopic (exact) mass is 424 g/mol. The molecule has 7 nitrogen and oxygen atoms in total. The SMILES string of the molecule is CC12CCC(CC1=N/N=C1\NC(=O)C(=CC=Cc3ccc([N+](=O)[O-])cc3)S1)C2(C)C. The maximum absolute atomic E-state index is 12.2. The standard InChI is InChI=1S/C22H24N4O3S/c1-21(2)15-11-12-22(21,3)18(13-15)24-25-20-23-19(27)17(30-20)6-4-5-14-7-9-16(10-8-14)26(28)29/h4-10,15H,11-13H2,1-3H3,(H,23,25,27). The van der Waals surface area contributed by atoms with E-state index in [0.717, 1.165) is 24.1 Å². The molecule has 1 aromatic carbocycles. The average molecular weight is 425 g/mol. The maximum atomic E-state index is 12.2. The topological polar surface area (TPSA) is 97.0 Å². The molecule has 2 saturated carbocycles. The van der Waals surface area contributed by atoms with Gasteiger partial charge in [-0.25, -0.2) is 0 Å². The van der Waals surface area contributed by atoms with E-state index in [9.17, 15) is 14.9 Å². The summed E-state index contributed by atoms with van der Waals surface area (Å²) in [6, 6.07) is 6.22. The van der Waals surface area contributed by atoms with Gasteiger partial charge in [0.05, 0.1) is 9.83 Å². The van der Waals surface area contributed by atoms with Gasteiger partial charge < -0.3 is 0 Å². The third kappa shape index (κ3) is 3.49. The molecule has 2 aliphatic carbocycles. The predicted molar refractivity (Wildman–Crippen MR) is 120 cm³/mol. The van der Waals surface area contributed by atoms with Crippen molar-refractivity contribution in [2.45, 2.75) is 40.0 Å². The molecule has 0 radical (unpaired) electrons. The molecule has 8 heteroatoms. The zero-order valence-electron chi connectivity index (χ0n) is 17.2. The molecule has 4 rings (SSSR count). The van der Waals surface area contributed by atoms with Gasteiger partial charge in [0.1, 0.15) is 0 Å². The number of hydrogen-bond donors (Lipinski definition) is 1. The summed E-state index contributed by atoms with van der Waals surface area (Å²) in [5.74, 6) is 0.457. The summed E-state index contributed by atoms with van der Waals surface area (Å²) < 4.78 is 0. The van der Waals surface area contributed by atoms with Crippen LogP contribution in [0.2, 0.25) is 0 Å². The van der Waals surface area contributed by atoms with E-state index >= 15 is 0 Å². The smallest absolute Gasteiger partial charge is 0.269 e. The van der Waals surface area contributed by atoms with Crippen molar-refractivity contribution in [3.05, 3.63) is 57.0 Å². The van der Waals surface area contributed by atoms with Gasteiger partial charge in [0.25, 0.3) is 11.6 Å². The first-order chi connectivity index (χ1) is 14.2. The molecule has 0 spiro atoms. The number of rotatable bonds is 4. The van der Waals surface area contributed by atoms with Crippen LogP contribution in [-0.2, 0) is 4.79 Å². The highest BCUT2D eigenvalue weighted by atomic mass is 32.2. The number of nitro groups is 1. The van der Waals surface area contributed by atoms with E-state index in [4.69, 9.17) is 0 Å². The fourth-order valence-electron chi connectivity index (χ4n) is 4.63. The second kappa shape index (κ2) is 7.50. The first kappa shape index (κ1) is 20.5. The van der Waals surface area contributed by atoms with Crippen LogP contribution in [-0.4, -0.2) is 21.7 Å². The summed E-state index contributed by atoms with van der Waals surface area (Å²) >= 11 is 1.27. The molecule has 2 bridgehead atoms. The number of non-ortho nitro benzene ring substituents is 1. The number of hydrogen-bond acceptors (Lipinski definition) is 6. The summed E-state index contributed by atoms with van der Waals surface area (Å²) in [4.78, 5) is 23.0. The minimum atomic E-state index is -0.433. The number of nitrogens with zero attached hydrogens (tertiary/aromatic N) is 3. The number of nitrogens with one attached hydrogen (secondary N) is 1. The van der Waals surface area contributed by atoms with E-state index in [0.29, 0.717) is 16.0 Å². The number of amidine groups is 1. The number of amides is 1. The van der Waals surface area contributed by atoms with Gasteiger partial charge >= 0.3 is 0 Å². The predicted octanol–water partition coefficient (Wildman–Crippen LogP) is 4.91. The Bertz CT molecular complexity index is 1020. The molecular weight excluding hydrogens is 400 g/mol. The number of carbonyl (C=O) groups is 1. The van der Waals surface area contributed by atoms with Crippen LogP contribution in [0.25, 0.3) is 6.08 Å². The van der Waals surface area contributed by atoms with Crippen LogP contribution in [0.1, 0.15) is 45.6 Å². The van der Waals surface area contributed by atoms with Crippen molar-refractivity contribution in [2.75, 3.05) is 0 Å². The Kier molecular flexibility index (Phi) is 5.13. The number of carbonyl (C=O) groups excluding carboxylic acids is 1. The van der Waals surface area contributed by atoms with E-state index in [-0.39, 0.29) is 22.4 Å². The third-order valence-corrected chi connectivity index (χ3v) is 7.98. The van der Waals surface area contributed by atoms with Crippen molar-refractivity contribution in [2.24, 2.45) is 27.0 Å². The summed E-state index contributed by atoms with van der Waals surface area (Å²) in [7, 11) is 0. The number of allylic oxidation sites excluding steroid dienone is 2. The Hall–Kier alpha value is -2.74. The van der Waals surface area contributed by atoms with Crippen molar-refractivity contribution >= 4 is 40.3 Å². The van der Waals surface area contributed by atoms with Crippen molar-refractivity contribution < 1.29 is 9.72 Å². The first-order valence-electron chi connectivity index (χ1n) is 9.98. The minimum absolute atomic E-state index is 0.0476. The van der Waals surface area contributed by atoms with Gasteiger partial charge in [-0.3, -0.25) is 20.2 Å². The lowest BCUT2D eigenvalue weighted by Crippen LogP contribution is -2.32. The number of thioether (sulfide) groups is 1. The van der Waals surface area contributed by atoms with Crippen LogP contribution in [0.15, 0.2) is 51.5 Å². The highest BCUT2D eigenvalue weighted by Gasteiger charge is 2.60. The van der Waals surface area contributed by atoms with Crippen molar-refractivity contribution in [1.82, 2.24) is 5.32 Å². The van der Waals surface area contributed by atoms with Crippen LogP contribution in [0.5, 0.6) is 0 Å². The van der Waals surface area contributed by atoms with Gasteiger partial charge in [-0.2, -0.15) is 5.10 Å². The number of fused-ring (bicyclic) bond motifs is 2. The quantitative estimate of drug-likeness (QED) is 0.422. The van der Waals surface area contributed by atoms with Crippen molar-refractivity contribution in [3.63, 3.8) is 0 Å². The highest BCUT2D eigenvalue weighted by molar-refractivity contribution is 8.18. The van der Waals surface area contributed by atoms with Gasteiger partial charge in [-0.15, -0.1) is 5.10 Å². The van der Waals surface area contributed by atoms with Crippen LogP contribution < -0.4 is 5.32 Å². The molecule has 1 heterocycles. The molecule has 1 saturated heterocycles. The normalized spacial score (nSPS) is 31.4. The summed E-state index contributed by atoms with van der Waals surface area (Å²) in [6.07, 6.45) is 8.62. The van der Waals surface area contributed by atoms with E-state index in [2.05, 4.69) is 36.3 Å². The van der Waals surface area contributed by atoms with Gasteiger partial charge in [0.2, 0.25) is 0 Å². The fourth-order valence-corrected chi connectivity index (χ4v) is 5.35. The molecule has 2 atom stereocenters. The lowest BCUT2D eigenvalue weighted by molar-refractivity contribution is -0.384. The molecule has 30 heavy (non-hydrogen) atoms. The summed E-state index contributed by atoms with van der Waals surface area (Å²) in [6.45, 7) is 6.93. The van der Waals surface area contributed by atoms with E-state index in [1.54, 1.807) is 30.4 Å². The van der Waals surface area contributed by atoms with Gasteiger partial charge in [-0.1, -0.05) is 32.9 Å². The van der Waals surface area contributed by atoms with Crippen LogP contribution in [0.4, 0.5) is 5.69 Å². The molecular formula is C22H24N4O3S.